The maximum Gasteiger partial charge on any atom is 0.239 e. The van der Waals surface area contributed by atoms with E-state index in [1.165, 1.54) is 6.20 Å². The van der Waals surface area contributed by atoms with Gasteiger partial charge in [0.15, 0.2) is 0 Å². The Kier molecular flexibility index (Phi) is 7.28. The number of aliphatic hydroxyl groups excluding tert-OH is 2. The highest BCUT2D eigenvalue weighted by atomic mass is 35.5. The Morgan fingerprint density at radius 1 is 1.30 bits per heavy atom. The molecule has 1 aliphatic carbocycles. The molecule has 1 amide bonds. The van der Waals surface area contributed by atoms with Crippen LogP contribution < -0.4 is 10.6 Å². The van der Waals surface area contributed by atoms with Crippen LogP contribution in [-0.4, -0.2) is 87.9 Å². The van der Waals surface area contributed by atoms with Crippen LogP contribution in [-0.2, 0) is 25.4 Å². The Balaban J connectivity index is 1.55. The molecule has 1 aromatic rings. The fourth-order valence-corrected chi connectivity index (χ4v) is 5.38. The molecule has 0 radical (unpaired) electrons. The van der Waals surface area contributed by atoms with Gasteiger partial charge < -0.3 is 40.2 Å². The summed E-state index contributed by atoms with van der Waals surface area (Å²) in [6.45, 7) is 3.68. The average Bonchev–Trinajstić information content (AvgIpc) is 2.74. The van der Waals surface area contributed by atoms with Crippen molar-refractivity contribution < 1.29 is 34.3 Å². The van der Waals surface area contributed by atoms with E-state index in [9.17, 15) is 20.1 Å². The minimum atomic E-state index is -2.02. The van der Waals surface area contributed by atoms with E-state index in [1.807, 2.05) is 6.92 Å². The molecular weight excluding hydrogens is 454 g/mol. The van der Waals surface area contributed by atoms with Gasteiger partial charge in [0.05, 0.1) is 42.5 Å². The number of carbonyl (C=O) groups is 1. The molecule has 4 rings (SSSR count). The molecule has 3 fully saturated rings. The van der Waals surface area contributed by atoms with E-state index < -0.39 is 54.5 Å². The van der Waals surface area contributed by atoms with Crippen molar-refractivity contribution >= 4 is 17.5 Å². The third-order valence-corrected chi connectivity index (χ3v) is 7.12. The molecule has 2 saturated heterocycles. The second kappa shape index (κ2) is 9.71. The fourth-order valence-electron chi connectivity index (χ4n) is 5.20. The van der Waals surface area contributed by atoms with Crippen LogP contribution in [0, 0.1) is 5.92 Å². The van der Waals surface area contributed by atoms with Crippen molar-refractivity contribution in [1.82, 2.24) is 15.6 Å². The number of likely N-dealkylation sites (N-methyl/N-ethyl adjacent to an activating group) is 1. The molecule has 3 unspecified atom stereocenters. The Hall–Kier alpha value is -1.37. The molecule has 10 nitrogen and oxygen atoms in total. The van der Waals surface area contributed by atoms with Gasteiger partial charge >= 0.3 is 0 Å². The molecule has 3 aliphatic rings. The molecule has 5 N–H and O–H groups in total. The van der Waals surface area contributed by atoms with Crippen molar-refractivity contribution in [1.29, 1.82) is 0 Å². The normalized spacial score (nSPS) is 42.8. The van der Waals surface area contributed by atoms with Crippen LogP contribution in [0.3, 0.4) is 0 Å². The predicted molar refractivity (Wildman–Crippen MR) is 117 cm³/mol. The number of amides is 1. The Morgan fingerprint density at radius 3 is 2.73 bits per heavy atom. The summed E-state index contributed by atoms with van der Waals surface area (Å²) in [6, 6.07) is 1.77. The number of halogens is 1. The van der Waals surface area contributed by atoms with Crippen LogP contribution in [0.1, 0.15) is 32.4 Å². The molecule has 10 atom stereocenters. The van der Waals surface area contributed by atoms with Gasteiger partial charge in [-0.25, -0.2) is 0 Å². The number of aliphatic hydroxyl groups is 3. The molecule has 1 saturated carbocycles. The van der Waals surface area contributed by atoms with Crippen LogP contribution in [0.5, 0.6) is 0 Å². The monoisotopic (exact) mass is 485 g/mol. The quantitative estimate of drug-likeness (QED) is 0.380. The highest BCUT2D eigenvalue weighted by Crippen LogP contribution is 2.43. The topological polar surface area (TPSA) is 142 Å². The van der Waals surface area contributed by atoms with Crippen LogP contribution in [0.4, 0.5) is 0 Å². The summed E-state index contributed by atoms with van der Waals surface area (Å²) in [5, 5.41) is 39.6. The van der Waals surface area contributed by atoms with Crippen LogP contribution in [0.15, 0.2) is 18.3 Å². The highest BCUT2D eigenvalue weighted by molar-refractivity contribution is 6.30. The minimum Gasteiger partial charge on any atom is -0.391 e. The van der Waals surface area contributed by atoms with Gasteiger partial charge in [-0.15, -0.1) is 0 Å². The zero-order valence-corrected chi connectivity index (χ0v) is 19.6. The number of nitrogens with zero attached hydrogens (tertiary/aromatic N) is 1. The molecule has 184 valence electrons. The van der Waals surface area contributed by atoms with E-state index in [-0.39, 0.29) is 24.9 Å². The first-order valence-corrected chi connectivity index (χ1v) is 11.7. The first kappa shape index (κ1) is 24.7. The number of fused-ring (bicyclic) bond motifs is 2. The molecule has 3 heterocycles. The number of nitrogens with one attached hydrogen (secondary N) is 2. The second-order valence-electron chi connectivity index (χ2n) is 9.08. The maximum absolute atomic E-state index is 12.8. The van der Waals surface area contributed by atoms with Gasteiger partial charge in [0.25, 0.3) is 0 Å². The zero-order valence-electron chi connectivity index (χ0n) is 18.8. The third-order valence-electron chi connectivity index (χ3n) is 6.89. The minimum absolute atomic E-state index is 0.0330. The summed E-state index contributed by atoms with van der Waals surface area (Å²) in [5.41, 5.74) is 0.490. The average molecular weight is 486 g/mol. The van der Waals surface area contributed by atoms with Crippen molar-refractivity contribution in [2.75, 3.05) is 7.05 Å². The van der Waals surface area contributed by atoms with Crippen molar-refractivity contribution in [3.05, 3.63) is 29.0 Å². The standard InChI is InChI=1S/C22H32ClN3O7/c1-4-13-17(28)16(24-3)19-20(18(13)29)32-21-22(30,33-19)14(7-10(2)31-21)26-15(27)9-12-8-11(23)5-6-25-12/h5-6,8,10,13-14,16-21,24,28-30H,4,7,9H2,1-3H3,(H,26,27)/t10-,13-,14-,16+,17+,18+,19?,20?,21?,22+/m1/s1. The maximum atomic E-state index is 12.8. The molecule has 11 heteroatoms. The van der Waals surface area contributed by atoms with Crippen LogP contribution >= 0.6 is 11.6 Å². The lowest BCUT2D eigenvalue weighted by Gasteiger charge is -2.58. The van der Waals surface area contributed by atoms with Crippen LogP contribution in [0.25, 0.3) is 0 Å². The summed E-state index contributed by atoms with van der Waals surface area (Å²) < 4.78 is 18.0. The van der Waals surface area contributed by atoms with Gasteiger partial charge in [0, 0.05) is 17.1 Å². The smallest absolute Gasteiger partial charge is 0.239 e. The molecule has 2 aliphatic heterocycles. The highest BCUT2D eigenvalue weighted by Gasteiger charge is 2.63. The predicted octanol–water partition coefficient (Wildman–Crippen LogP) is -0.281. The molecule has 33 heavy (non-hydrogen) atoms. The van der Waals surface area contributed by atoms with E-state index in [4.69, 9.17) is 25.8 Å². The Labute approximate surface area is 197 Å². The first-order valence-electron chi connectivity index (χ1n) is 11.3. The lowest BCUT2D eigenvalue weighted by atomic mass is 9.74. The fraction of sp³-hybridized carbons (Fsp3) is 0.727. The van der Waals surface area contributed by atoms with Crippen LogP contribution in [0.2, 0.25) is 5.02 Å². The van der Waals surface area contributed by atoms with E-state index >= 15 is 0 Å². The summed E-state index contributed by atoms with van der Waals surface area (Å²) in [7, 11) is 1.67. The zero-order chi connectivity index (χ0) is 23.9. The number of hydrogen-bond acceptors (Lipinski definition) is 9. The van der Waals surface area contributed by atoms with Gasteiger partial charge in [-0.1, -0.05) is 18.5 Å². The number of rotatable bonds is 5. The van der Waals surface area contributed by atoms with Gasteiger partial charge in [0.1, 0.15) is 12.2 Å². The number of pyridine rings is 1. The van der Waals surface area contributed by atoms with Crippen molar-refractivity contribution in [2.45, 2.75) is 87.8 Å². The van der Waals surface area contributed by atoms with Gasteiger partial charge in [-0.2, -0.15) is 0 Å². The summed E-state index contributed by atoms with van der Waals surface area (Å²) >= 11 is 5.98. The number of ether oxygens (including phenoxy) is 3. The van der Waals surface area contributed by atoms with Crippen molar-refractivity contribution in [3.63, 3.8) is 0 Å². The summed E-state index contributed by atoms with van der Waals surface area (Å²) in [6.07, 6.45) is -2.88. The van der Waals surface area contributed by atoms with Crippen molar-refractivity contribution in [3.8, 4) is 0 Å². The lowest BCUT2D eigenvalue weighted by Crippen LogP contribution is -2.77. The van der Waals surface area contributed by atoms with E-state index in [0.717, 1.165) is 0 Å². The number of hydrogen-bond donors (Lipinski definition) is 5. The molecule has 1 aromatic heterocycles. The second-order valence-corrected chi connectivity index (χ2v) is 9.52. The SMILES string of the molecule is CC[C@@H]1[C@H](O)[C@H](NC)C2O[C@]3(O)C(OC2[C@H]1O)O[C@H](C)C[C@H]3NC(=O)Cc1cc(Cl)ccn1. The van der Waals surface area contributed by atoms with Gasteiger partial charge in [-0.3, -0.25) is 9.78 Å². The van der Waals surface area contributed by atoms with E-state index in [0.29, 0.717) is 17.1 Å². The molecule has 0 spiro atoms. The summed E-state index contributed by atoms with van der Waals surface area (Å²) in [4.78, 5) is 16.9. The molecule has 0 aromatic carbocycles. The molecule has 0 bridgehead atoms. The Bertz CT molecular complexity index is 863. The van der Waals surface area contributed by atoms with E-state index in [2.05, 4.69) is 15.6 Å². The van der Waals surface area contributed by atoms with E-state index in [1.54, 1.807) is 26.1 Å². The molecular formula is C22H32ClN3O7. The van der Waals surface area contributed by atoms with Gasteiger partial charge in [0.2, 0.25) is 18.0 Å². The lowest BCUT2D eigenvalue weighted by molar-refractivity contribution is -0.450. The largest absolute Gasteiger partial charge is 0.391 e. The number of carbonyl (C=O) groups excluding carboxylic acids is 1. The summed E-state index contributed by atoms with van der Waals surface area (Å²) in [5.74, 6) is -2.82. The van der Waals surface area contributed by atoms with Gasteiger partial charge in [-0.05, 0) is 38.9 Å². The third kappa shape index (κ3) is 4.63. The number of aromatic nitrogens is 1. The first-order chi connectivity index (χ1) is 15.7. The van der Waals surface area contributed by atoms with Crippen molar-refractivity contribution in [2.24, 2.45) is 5.92 Å². The Morgan fingerprint density at radius 2 is 2.06 bits per heavy atom.